The van der Waals surface area contributed by atoms with Gasteiger partial charge in [0, 0.05) is 11.6 Å². The average Bonchev–Trinajstić information content (AvgIpc) is 3.18. The minimum absolute atomic E-state index is 0.162. The van der Waals surface area contributed by atoms with Gasteiger partial charge in [-0.15, -0.1) is 5.10 Å². The quantitative estimate of drug-likeness (QED) is 0.263. The smallest absolute Gasteiger partial charge is 0.271 e. The van der Waals surface area contributed by atoms with Gasteiger partial charge in [0.05, 0.1) is 27.4 Å². The summed E-state index contributed by atoms with van der Waals surface area (Å²) in [7, 11) is 0. The summed E-state index contributed by atoms with van der Waals surface area (Å²) in [6.07, 6.45) is 1.51. The lowest BCUT2D eigenvalue weighted by molar-refractivity contribution is 0.565. The summed E-state index contributed by atoms with van der Waals surface area (Å²) in [4.78, 5) is 31.7. The Labute approximate surface area is 197 Å². The molecular weight excluding hydrogens is 457 g/mol. The van der Waals surface area contributed by atoms with Crippen LogP contribution >= 0.6 is 11.6 Å². The minimum atomic E-state index is -0.481. The molecule has 2 aromatic heterocycles. The van der Waals surface area contributed by atoms with Crippen LogP contribution in [0.1, 0.15) is 5.56 Å². The first-order valence-electron chi connectivity index (χ1n) is 10.2. The second-order valence-corrected chi connectivity index (χ2v) is 7.91. The third-order valence-electron chi connectivity index (χ3n) is 5.34. The van der Waals surface area contributed by atoms with Crippen molar-refractivity contribution < 1.29 is 9.18 Å². The molecule has 0 N–H and O–H groups in total. The normalized spacial score (nSPS) is 10.9. The zero-order valence-electron chi connectivity index (χ0n) is 17.7. The number of hydrogen-bond donors (Lipinski definition) is 0. The van der Waals surface area contributed by atoms with Gasteiger partial charge < -0.3 is 0 Å². The molecule has 7 nitrogen and oxygen atoms in total. The van der Waals surface area contributed by atoms with E-state index in [4.69, 9.17) is 11.6 Å². The number of para-hydroxylation sites is 1. The van der Waals surface area contributed by atoms with Crippen molar-refractivity contribution in [1.82, 2.24) is 19.3 Å². The maximum atomic E-state index is 13.7. The summed E-state index contributed by atoms with van der Waals surface area (Å²) >= 11 is 6.37. The lowest BCUT2D eigenvalue weighted by Crippen LogP contribution is -2.22. The largest absolute Gasteiger partial charge is 0.275 e. The average molecular weight is 472 g/mol. The molecule has 0 unspecified atom stereocenters. The van der Waals surface area contributed by atoms with E-state index in [1.165, 1.54) is 35.0 Å². The van der Waals surface area contributed by atoms with Crippen molar-refractivity contribution >= 4 is 34.4 Å². The fourth-order valence-corrected chi connectivity index (χ4v) is 4.02. The number of aliphatic imine (C=N–C) groups is 1. The molecule has 0 aliphatic carbocycles. The van der Waals surface area contributed by atoms with Gasteiger partial charge in [-0.2, -0.15) is 9.67 Å². The molecule has 5 aromatic rings. The Morgan fingerprint density at radius 3 is 2.62 bits per heavy atom. The zero-order valence-corrected chi connectivity index (χ0v) is 18.5. The van der Waals surface area contributed by atoms with Crippen LogP contribution in [0.25, 0.3) is 33.9 Å². The molecule has 34 heavy (non-hydrogen) atoms. The standard InChI is InChI=1S/C25H15ClFN5O2/c1-15-4-2-3-5-21(15)32-24(34)11-10-23(30-32)31-22-9-7-17(28-14-33)13-20(22)29-25(31)18-8-6-16(27)12-19(18)26/h2-13H,1H3. The predicted octanol–water partition coefficient (Wildman–Crippen LogP) is 5.31. The number of rotatable bonds is 4. The summed E-state index contributed by atoms with van der Waals surface area (Å²) < 4.78 is 16.8. The molecule has 0 aliphatic heterocycles. The number of fused-ring (bicyclic) bond motifs is 1. The van der Waals surface area contributed by atoms with Crippen LogP contribution in [0.2, 0.25) is 5.02 Å². The van der Waals surface area contributed by atoms with Crippen LogP contribution in [0.15, 0.2) is 82.6 Å². The molecule has 0 fully saturated rings. The maximum absolute atomic E-state index is 13.7. The number of imidazole rings is 1. The minimum Gasteiger partial charge on any atom is -0.275 e. The monoisotopic (exact) mass is 471 g/mol. The molecule has 0 spiro atoms. The van der Waals surface area contributed by atoms with Gasteiger partial charge in [0.2, 0.25) is 6.08 Å². The van der Waals surface area contributed by atoms with Crippen molar-refractivity contribution in [3.8, 4) is 22.9 Å². The molecule has 5 rings (SSSR count). The highest BCUT2D eigenvalue weighted by Crippen LogP contribution is 2.34. The van der Waals surface area contributed by atoms with Gasteiger partial charge in [-0.25, -0.2) is 14.2 Å². The topological polar surface area (TPSA) is 82.1 Å². The van der Waals surface area contributed by atoms with Crippen LogP contribution in [0.3, 0.4) is 0 Å². The highest BCUT2D eigenvalue weighted by Gasteiger charge is 2.19. The summed E-state index contributed by atoms with van der Waals surface area (Å²) in [6.45, 7) is 1.89. The molecular formula is C25H15ClFN5O2. The molecule has 0 saturated heterocycles. The van der Waals surface area contributed by atoms with Crippen molar-refractivity contribution in [2.75, 3.05) is 0 Å². The molecule has 0 amide bonds. The number of aryl methyl sites for hydroxylation is 1. The van der Waals surface area contributed by atoms with Gasteiger partial charge in [0.1, 0.15) is 11.6 Å². The summed E-state index contributed by atoms with van der Waals surface area (Å²) in [5.41, 5.74) is 3.19. The lowest BCUT2D eigenvalue weighted by atomic mass is 10.2. The molecule has 0 atom stereocenters. The van der Waals surface area contributed by atoms with Gasteiger partial charge in [-0.3, -0.25) is 9.36 Å². The lowest BCUT2D eigenvalue weighted by Gasteiger charge is -2.13. The van der Waals surface area contributed by atoms with Gasteiger partial charge in [0.25, 0.3) is 5.56 Å². The predicted molar refractivity (Wildman–Crippen MR) is 127 cm³/mol. The zero-order chi connectivity index (χ0) is 23.8. The summed E-state index contributed by atoms with van der Waals surface area (Å²) in [5.74, 6) is 0.298. The first kappa shape index (κ1) is 21.5. The molecule has 166 valence electrons. The van der Waals surface area contributed by atoms with E-state index >= 15 is 0 Å². The van der Waals surface area contributed by atoms with Crippen LogP contribution < -0.4 is 5.56 Å². The molecule has 3 aromatic carbocycles. The summed E-state index contributed by atoms with van der Waals surface area (Å²) in [6, 6.07) is 19.4. The Balaban J connectivity index is 1.82. The van der Waals surface area contributed by atoms with E-state index < -0.39 is 5.82 Å². The molecule has 2 heterocycles. The fraction of sp³-hybridized carbons (Fsp3) is 0.0400. The highest BCUT2D eigenvalue weighted by molar-refractivity contribution is 6.33. The molecule has 9 heteroatoms. The highest BCUT2D eigenvalue weighted by atomic mass is 35.5. The van der Waals surface area contributed by atoms with Crippen molar-refractivity contribution in [2.24, 2.45) is 4.99 Å². The molecule has 0 bridgehead atoms. The molecule has 0 saturated carbocycles. The van der Waals surface area contributed by atoms with E-state index in [9.17, 15) is 14.0 Å². The van der Waals surface area contributed by atoms with Crippen LogP contribution in [-0.2, 0) is 4.79 Å². The maximum Gasteiger partial charge on any atom is 0.271 e. The Morgan fingerprint density at radius 1 is 1.03 bits per heavy atom. The van der Waals surface area contributed by atoms with Gasteiger partial charge in [-0.05, 0) is 61.0 Å². The van der Waals surface area contributed by atoms with Gasteiger partial charge >= 0.3 is 0 Å². The number of hydrogen-bond acceptors (Lipinski definition) is 5. The van der Waals surface area contributed by atoms with E-state index in [0.717, 1.165) is 5.56 Å². The van der Waals surface area contributed by atoms with Crippen LogP contribution in [0.4, 0.5) is 10.1 Å². The van der Waals surface area contributed by atoms with E-state index in [0.29, 0.717) is 39.6 Å². The van der Waals surface area contributed by atoms with Gasteiger partial charge in [-0.1, -0.05) is 29.8 Å². The molecule has 0 aliphatic rings. The van der Waals surface area contributed by atoms with Crippen molar-refractivity contribution in [1.29, 1.82) is 0 Å². The third-order valence-corrected chi connectivity index (χ3v) is 5.66. The summed E-state index contributed by atoms with van der Waals surface area (Å²) in [5, 5.41) is 4.77. The second-order valence-electron chi connectivity index (χ2n) is 7.50. The van der Waals surface area contributed by atoms with E-state index in [1.807, 2.05) is 25.1 Å². The molecule has 0 radical (unpaired) electrons. The van der Waals surface area contributed by atoms with E-state index in [2.05, 4.69) is 15.1 Å². The Hall–Kier alpha value is -4.39. The fourth-order valence-electron chi connectivity index (χ4n) is 3.77. The van der Waals surface area contributed by atoms with Gasteiger partial charge in [0.15, 0.2) is 5.82 Å². The number of isocyanates is 1. The van der Waals surface area contributed by atoms with Crippen LogP contribution in [0, 0.1) is 12.7 Å². The van der Waals surface area contributed by atoms with Crippen molar-refractivity contribution in [3.63, 3.8) is 0 Å². The Bertz CT molecular complexity index is 1690. The number of halogens is 2. The third kappa shape index (κ3) is 3.71. The Kier molecular flexibility index (Phi) is 5.37. The second kappa shape index (κ2) is 8.51. The van der Waals surface area contributed by atoms with Crippen molar-refractivity contribution in [2.45, 2.75) is 6.92 Å². The van der Waals surface area contributed by atoms with Crippen LogP contribution in [0.5, 0.6) is 0 Å². The van der Waals surface area contributed by atoms with Crippen LogP contribution in [-0.4, -0.2) is 25.4 Å². The number of carbonyl (C=O) groups excluding carboxylic acids is 1. The first-order valence-corrected chi connectivity index (χ1v) is 10.6. The Morgan fingerprint density at radius 2 is 1.85 bits per heavy atom. The number of benzene rings is 3. The van der Waals surface area contributed by atoms with E-state index in [1.54, 1.807) is 34.9 Å². The number of aromatic nitrogens is 4. The van der Waals surface area contributed by atoms with E-state index in [-0.39, 0.29) is 10.6 Å². The van der Waals surface area contributed by atoms with Crippen molar-refractivity contribution in [3.05, 3.63) is 99.6 Å². The first-order chi connectivity index (χ1) is 16.5. The SMILES string of the molecule is Cc1ccccc1-n1nc(-n2c(-c3ccc(F)cc3Cl)nc3cc(N=C=O)ccc32)ccc1=O. The number of nitrogens with zero attached hydrogens (tertiary/aromatic N) is 5.